The molecule has 1 aliphatic heterocycles. The van der Waals surface area contributed by atoms with Crippen LogP contribution in [0, 0.1) is 5.92 Å². The van der Waals surface area contributed by atoms with Crippen molar-refractivity contribution in [3.63, 3.8) is 0 Å². The van der Waals surface area contributed by atoms with Gasteiger partial charge in [0.1, 0.15) is 0 Å². The zero-order chi connectivity index (χ0) is 9.90. The molecule has 0 radical (unpaired) electrons. The molecule has 78 valence electrons. The SMILES string of the molecule is CC(NS(N)(=O)=O)C1CCNCC1. The van der Waals surface area contributed by atoms with Crippen molar-refractivity contribution in [2.24, 2.45) is 11.1 Å². The molecule has 1 atom stereocenters. The van der Waals surface area contributed by atoms with E-state index in [-0.39, 0.29) is 6.04 Å². The van der Waals surface area contributed by atoms with E-state index >= 15 is 0 Å². The fourth-order valence-electron chi connectivity index (χ4n) is 1.70. The van der Waals surface area contributed by atoms with Gasteiger partial charge in [0.25, 0.3) is 10.2 Å². The highest BCUT2D eigenvalue weighted by Gasteiger charge is 2.21. The average molecular weight is 207 g/mol. The third kappa shape index (κ3) is 4.04. The van der Waals surface area contributed by atoms with E-state index in [0.29, 0.717) is 5.92 Å². The number of rotatable bonds is 3. The molecule has 1 saturated heterocycles. The average Bonchev–Trinajstić information content (AvgIpc) is 2.03. The lowest BCUT2D eigenvalue weighted by molar-refractivity contribution is 0.316. The van der Waals surface area contributed by atoms with Crippen LogP contribution in [0.25, 0.3) is 0 Å². The van der Waals surface area contributed by atoms with Gasteiger partial charge in [-0.15, -0.1) is 0 Å². The Bertz CT molecular complexity index is 246. The van der Waals surface area contributed by atoms with Crippen molar-refractivity contribution in [2.45, 2.75) is 25.8 Å². The molecule has 0 amide bonds. The van der Waals surface area contributed by atoms with Crippen LogP contribution in [0.5, 0.6) is 0 Å². The van der Waals surface area contributed by atoms with Gasteiger partial charge in [-0.25, -0.2) is 5.14 Å². The van der Waals surface area contributed by atoms with Crippen molar-refractivity contribution in [3.05, 3.63) is 0 Å². The first-order valence-electron chi connectivity index (χ1n) is 4.50. The highest BCUT2D eigenvalue weighted by atomic mass is 32.2. The first kappa shape index (κ1) is 10.9. The Kier molecular flexibility index (Phi) is 3.66. The first-order chi connectivity index (χ1) is 5.99. The number of hydrogen-bond acceptors (Lipinski definition) is 3. The summed E-state index contributed by atoms with van der Waals surface area (Å²) < 4.78 is 23.9. The Hall–Kier alpha value is -0.170. The Labute approximate surface area is 79.3 Å². The molecule has 1 aliphatic rings. The van der Waals surface area contributed by atoms with E-state index < -0.39 is 10.2 Å². The van der Waals surface area contributed by atoms with Crippen molar-refractivity contribution in [1.29, 1.82) is 0 Å². The van der Waals surface area contributed by atoms with Crippen LogP contribution in [0.3, 0.4) is 0 Å². The van der Waals surface area contributed by atoms with Gasteiger partial charge in [-0.05, 0) is 38.8 Å². The molecule has 5 nitrogen and oxygen atoms in total. The molecule has 13 heavy (non-hydrogen) atoms. The maximum absolute atomic E-state index is 10.7. The van der Waals surface area contributed by atoms with E-state index in [1.165, 1.54) is 0 Å². The molecule has 0 aromatic carbocycles. The molecule has 1 fully saturated rings. The summed E-state index contributed by atoms with van der Waals surface area (Å²) in [5.41, 5.74) is 0. The fourth-order valence-corrected chi connectivity index (χ4v) is 2.41. The Morgan fingerprint density at radius 2 is 2.00 bits per heavy atom. The van der Waals surface area contributed by atoms with Gasteiger partial charge in [0.15, 0.2) is 0 Å². The first-order valence-corrected chi connectivity index (χ1v) is 6.04. The minimum atomic E-state index is -3.54. The summed E-state index contributed by atoms with van der Waals surface area (Å²) in [5.74, 6) is 0.402. The molecular formula is C7H17N3O2S. The number of nitrogens with two attached hydrogens (primary N) is 1. The summed E-state index contributed by atoms with van der Waals surface area (Å²) >= 11 is 0. The van der Waals surface area contributed by atoms with Crippen LogP contribution < -0.4 is 15.2 Å². The zero-order valence-corrected chi connectivity index (χ0v) is 8.60. The maximum Gasteiger partial charge on any atom is 0.274 e. The van der Waals surface area contributed by atoms with E-state index in [1.54, 1.807) is 0 Å². The van der Waals surface area contributed by atoms with Gasteiger partial charge in [0, 0.05) is 6.04 Å². The highest BCUT2D eigenvalue weighted by Crippen LogP contribution is 2.15. The molecule has 1 rings (SSSR count). The van der Waals surface area contributed by atoms with Crippen molar-refractivity contribution in [3.8, 4) is 0 Å². The van der Waals surface area contributed by atoms with E-state index in [1.807, 2.05) is 6.92 Å². The van der Waals surface area contributed by atoms with Crippen LogP contribution in [0.2, 0.25) is 0 Å². The third-order valence-electron chi connectivity index (χ3n) is 2.44. The highest BCUT2D eigenvalue weighted by molar-refractivity contribution is 7.87. The second-order valence-corrected chi connectivity index (χ2v) is 4.86. The van der Waals surface area contributed by atoms with Crippen molar-refractivity contribution in [1.82, 2.24) is 10.0 Å². The Morgan fingerprint density at radius 3 is 2.46 bits per heavy atom. The molecule has 0 aromatic rings. The molecular weight excluding hydrogens is 190 g/mol. The van der Waals surface area contributed by atoms with Crippen LogP contribution in [0.15, 0.2) is 0 Å². The molecule has 0 saturated carbocycles. The fraction of sp³-hybridized carbons (Fsp3) is 1.00. The summed E-state index contributed by atoms with van der Waals surface area (Å²) in [4.78, 5) is 0. The molecule has 0 spiro atoms. The summed E-state index contributed by atoms with van der Waals surface area (Å²) in [6, 6.07) is -0.0582. The van der Waals surface area contributed by atoms with Gasteiger partial charge in [0.2, 0.25) is 0 Å². The lowest BCUT2D eigenvalue weighted by Crippen LogP contribution is -2.44. The monoisotopic (exact) mass is 207 g/mol. The molecule has 0 aromatic heterocycles. The van der Waals surface area contributed by atoms with Gasteiger partial charge >= 0.3 is 0 Å². The van der Waals surface area contributed by atoms with Gasteiger partial charge < -0.3 is 5.32 Å². The third-order valence-corrected chi connectivity index (χ3v) is 3.14. The van der Waals surface area contributed by atoms with Crippen LogP contribution in [0.1, 0.15) is 19.8 Å². The lowest BCUT2D eigenvalue weighted by atomic mass is 9.92. The molecule has 0 aliphatic carbocycles. The van der Waals surface area contributed by atoms with E-state index in [0.717, 1.165) is 25.9 Å². The summed E-state index contributed by atoms with van der Waals surface area (Å²) in [5, 5.41) is 8.11. The summed E-state index contributed by atoms with van der Waals surface area (Å²) in [6.07, 6.45) is 2.01. The molecule has 1 unspecified atom stereocenters. The topological polar surface area (TPSA) is 84.2 Å². The van der Waals surface area contributed by atoms with Crippen LogP contribution in [-0.4, -0.2) is 27.5 Å². The van der Waals surface area contributed by atoms with Gasteiger partial charge in [0.05, 0.1) is 0 Å². The quantitative estimate of drug-likeness (QED) is 0.564. The largest absolute Gasteiger partial charge is 0.317 e. The van der Waals surface area contributed by atoms with Gasteiger partial charge in [-0.1, -0.05) is 0 Å². The van der Waals surface area contributed by atoms with E-state index in [2.05, 4.69) is 10.0 Å². The van der Waals surface area contributed by atoms with Gasteiger partial charge in [-0.3, -0.25) is 0 Å². The van der Waals surface area contributed by atoms with Crippen LogP contribution in [-0.2, 0) is 10.2 Å². The number of hydrogen-bond donors (Lipinski definition) is 3. The van der Waals surface area contributed by atoms with E-state index in [4.69, 9.17) is 5.14 Å². The van der Waals surface area contributed by atoms with Crippen molar-refractivity contribution in [2.75, 3.05) is 13.1 Å². The summed E-state index contributed by atoms with van der Waals surface area (Å²) in [6.45, 7) is 3.78. The number of piperidine rings is 1. The second kappa shape index (κ2) is 4.36. The number of nitrogens with one attached hydrogen (secondary N) is 2. The van der Waals surface area contributed by atoms with Gasteiger partial charge in [-0.2, -0.15) is 13.1 Å². The molecule has 6 heteroatoms. The van der Waals surface area contributed by atoms with Crippen molar-refractivity contribution < 1.29 is 8.42 Å². The minimum absolute atomic E-state index is 0.0582. The zero-order valence-electron chi connectivity index (χ0n) is 7.79. The van der Waals surface area contributed by atoms with Crippen LogP contribution in [0.4, 0.5) is 0 Å². The predicted molar refractivity (Wildman–Crippen MR) is 51.3 cm³/mol. The minimum Gasteiger partial charge on any atom is -0.317 e. The normalized spacial score (nSPS) is 22.9. The van der Waals surface area contributed by atoms with Crippen LogP contribution >= 0.6 is 0 Å². The van der Waals surface area contributed by atoms with E-state index in [9.17, 15) is 8.42 Å². The standard InChI is InChI=1S/C7H17N3O2S/c1-6(10-13(8,11)12)7-2-4-9-5-3-7/h6-7,9-10H,2-5H2,1H3,(H2,8,11,12). The molecule has 1 heterocycles. The second-order valence-electron chi connectivity index (χ2n) is 3.54. The summed E-state index contributed by atoms with van der Waals surface area (Å²) in [7, 11) is -3.54. The lowest BCUT2D eigenvalue weighted by Gasteiger charge is -2.27. The molecule has 0 bridgehead atoms. The maximum atomic E-state index is 10.7. The molecule has 4 N–H and O–H groups in total. The smallest absolute Gasteiger partial charge is 0.274 e. The predicted octanol–water partition coefficient (Wildman–Crippen LogP) is -0.832. The van der Waals surface area contributed by atoms with Crippen molar-refractivity contribution >= 4 is 10.2 Å². The Morgan fingerprint density at radius 1 is 1.46 bits per heavy atom. The Balaban J connectivity index is 2.42.